The third-order valence-electron chi connectivity index (χ3n) is 4.42. The molecule has 1 saturated carbocycles. The van der Waals surface area contributed by atoms with Gasteiger partial charge in [-0.05, 0) is 36.8 Å². The molecule has 21 heavy (non-hydrogen) atoms. The number of nitrogens with one attached hydrogen (secondary N) is 1. The third-order valence-corrected chi connectivity index (χ3v) is 4.42. The molecule has 0 aromatic heterocycles. The number of hydrogen-bond acceptors (Lipinski definition) is 4. The van der Waals surface area contributed by atoms with Crippen LogP contribution < -0.4 is 10.1 Å². The maximum absolute atomic E-state index is 11.3. The van der Waals surface area contributed by atoms with Crippen LogP contribution in [0.3, 0.4) is 0 Å². The van der Waals surface area contributed by atoms with Crippen LogP contribution in [0.2, 0.25) is 0 Å². The first-order valence-corrected chi connectivity index (χ1v) is 7.62. The summed E-state index contributed by atoms with van der Waals surface area (Å²) in [6, 6.07) is 5.31. The largest absolute Gasteiger partial charge is 0.496 e. The van der Waals surface area contributed by atoms with Crippen molar-refractivity contribution >= 4 is 11.4 Å². The van der Waals surface area contributed by atoms with Gasteiger partial charge >= 0.3 is 0 Å². The van der Waals surface area contributed by atoms with Gasteiger partial charge in [0.1, 0.15) is 11.4 Å². The van der Waals surface area contributed by atoms with E-state index >= 15 is 0 Å². The van der Waals surface area contributed by atoms with Gasteiger partial charge in [-0.2, -0.15) is 0 Å². The molecule has 5 nitrogen and oxygen atoms in total. The number of nitro benzene ring substituents is 1. The van der Waals surface area contributed by atoms with Crippen molar-refractivity contribution in [3.8, 4) is 5.75 Å². The SMILES string of the molecule is COc1ccc(NC2CCCCC2C(C)C)c([N+](=O)[O-])c1. The van der Waals surface area contributed by atoms with Crippen molar-refractivity contribution in [2.45, 2.75) is 45.6 Å². The van der Waals surface area contributed by atoms with E-state index in [2.05, 4.69) is 19.2 Å². The van der Waals surface area contributed by atoms with Gasteiger partial charge in [-0.25, -0.2) is 0 Å². The molecular formula is C16H24N2O3. The minimum absolute atomic E-state index is 0.0856. The molecule has 1 N–H and O–H groups in total. The lowest BCUT2D eigenvalue weighted by molar-refractivity contribution is -0.384. The summed E-state index contributed by atoms with van der Waals surface area (Å²) >= 11 is 0. The van der Waals surface area contributed by atoms with Gasteiger partial charge in [-0.15, -0.1) is 0 Å². The van der Waals surface area contributed by atoms with Crippen molar-refractivity contribution in [3.63, 3.8) is 0 Å². The van der Waals surface area contributed by atoms with Crippen LogP contribution in [0.15, 0.2) is 18.2 Å². The molecule has 1 fully saturated rings. The highest BCUT2D eigenvalue weighted by Crippen LogP contribution is 2.35. The Morgan fingerprint density at radius 3 is 2.67 bits per heavy atom. The molecule has 0 bridgehead atoms. The van der Waals surface area contributed by atoms with Crippen molar-refractivity contribution < 1.29 is 9.66 Å². The molecule has 0 heterocycles. The smallest absolute Gasteiger partial charge is 0.296 e. The molecule has 1 aliphatic carbocycles. The van der Waals surface area contributed by atoms with Crippen LogP contribution in [0.5, 0.6) is 5.75 Å². The van der Waals surface area contributed by atoms with Crippen LogP contribution >= 0.6 is 0 Å². The highest BCUT2D eigenvalue weighted by molar-refractivity contribution is 5.64. The zero-order chi connectivity index (χ0) is 15.4. The second-order valence-electron chi connectivity index (χ2n) is 6.08. The molecule has 1 aromatic rings. The van der Waals surface area contributed by atoms with Crippen molar-refractivity contribution in [1.82, 2.24) is 0 Å². The van der Waals surface area contributed by atoms with Gasteiger partial charge in [-0.3, -0.25) is 10.1 Å². The molecule has 0 spiro atoms. The summed E-state index contributed by atoms with van der Waals surface area (Å²) in [7, 11) is 1.52. The topological polar surface area (TPSA) is 64.4 Å². The van der Waals surface area contributed by atoms with E-state index in [4.69, 9.17) is 4.74 Å². The van der Waals surface area contributed by atoms with Crippen molar-refractivity contribution in [2.24, 2.45) is 11.8 Å². The summed E-state index contributed by atoms with van der Waals surface area (Å²) in [5.41, 5.74) is 0.681. The fourth-order valence-electron chi connectivity index (χ4n) is 3.25. The van der Waals surface area contributed by atoms with Crippen LogP contribution in [0.4, 0.5) is 11.4 Å². The summed E-state index contributed by atoms with van der Waals surface area (Å²) < 4.78 is 5.08. The maximum atomic E-state index is 11.3. The summed E-state index contributed by atoms with van der Waals surface area (Å²) in [6.45, 7) is 4.46. The van der Waals surface area contributed by atoms with E-state index in [9.17, 15) is 10.1 Å². The highest BCUT2D eigenvalue weighted by Gasteiger charge is 2.29. The standard InChI is InChI=1S/C16H24N2O3/c1-11(2)13-6-4-5-7-14(13)17-15-9-8-12(21-3)10-16(15)18(19)20/h8-11,13-14,17H,4-7H2,1-3H3. The molecule has 2 atom stereocenters. The highest BCUT2D eigenvalue weighted by atomic mass is 16.6. The van der Waals surface area contributed by atoms with Crippen LogP contribution in [-0.4, -0.2) is 18.1 Å². The van der Waals surface area contributed by atoms with Gasteiger partial charge in [-0.1, -0.05) is 26.7 Å². The number of ether oxygens (including phenoxy) is 1. The molecule has 1 aliphatic rings. The average Bonchev–Trinajstić information content (AvgIpc) is 2.47. The Kier molecular flexibility index (Phi) is 5.04. The Balaban J connectivity index is 2.23. The normalized spacial score (nSPS) is 22.1. The van der Waals surface area contributed by atoms with Gasteiger partial charge in [0.15, 0.2) is 0 Å². The van der Waals surface area contributed by atoms with Crippen LogP contribution in [0, 0.1) is 22.0 Å². The van der Waals surface area contributed by atoms with E-state index in [0.717, 1.165) is 6.42 Å². The maximum Gasteiger partial charge on any atom is 0.296 e. The van der Waals surface area contributed by atoms with E-state index in [1.54, 1.807) is 12.1 Å². The molecule has 2 rings (SSSR count). The second-order valence-corrected chi connectivity index (χ2v) is 6.08. The summed E-state index contributed by atoms with van der Waals surface area (Å²) in [4.78, 5) is 10.9. The molecule has 0 amide bonds. The van der Waals surface area contributed by atoms with Crippen molar-refractivity contribution in [1.29, 1.82) is 0 Å². The Morgan fingerprint density at radius 1 is 1.33 bits per heavy atom. The predicted molar refractivity (Wildman–Crippen MR) is 83.9 cm³/mol. The number of rotatable bonds is 5. The Morgan fingerprint density at radius 2 is 2.05 bits per heavy atom. The van der Waals surface area contributed by atoms with Crippen LogP contribution in [-0.2, 0) is 0 Å². The predicted octanol–water partition coefficient (Wildman–Crippen LogP) is 4.23. The van der Waals surface area contributed by atoms with Gasteiger partial charge in [0.05, 0.1) is 18.1 Å². The van der Waals surface area contributed by atoms with E-state index in [1.165, 1.54) is 32.4 Å². The van der Waals surface area contributed by atoms with E-state index in [1.807, 2.05) is 0 Å². The lowest BCUT2D eigenvalue weighted by Crippen LogP contribution is -2.35. The van der Waals surface area contributed by atoms with Gasteiger partial charge in [0.2, 0.25) is 0 Å². The van der Waals surface area contributed by atoms with E-state index < -0.39 is 0 Å². The third kappa shape index (κ3) is 3.65. The first kappa shape index (κ1) is 15.6. The molecule has 0 aliphatic heterocycles. The van der Waals surface area contributed by atoms with Gasteiger partial charge < -0.3 is 10.1 Å². The van der Waals surface area contributed by atoms with Gasteiger partial charge in [0, 0.05) is 6.04 Å². The quantitative estimate of drug-likeness (QED) is 0.651. The molecule has 116 valence electrons. The number of anilines is 1. The number of hydrogen-bond donors (Lipinski definition) is 1. The molecule has 2 unspecified atom stereocenters. The first-order valence-electron chi connectivity index (χ1n) is 7.62. The molecule has 5 heteroatoms. The average molecular weight is 292 g/mol. The Labute approximate surface area is 125 Å². The van der Waals surface area contributed by atoms with Crippen molar-refractivity contribution in [2.75, 3.05) is 12.4 Å². The molecular weight excluding hydrogens is 268 g/mol. The van der Waals surface area contributed by atoms with E-state index in [-0.39, 0.29) is 10.6 Å². The monoisotopic (exact) mass is 292 g/mol. The Hall–Kier alpha value is -1.78. The molecule has 0 saturated heterocycles. The lowest BCUT2D eigenvalue weighted by Gasteiger charge is -2.35. The number of benzene rings is 1. The van der Waals surface area contributed by atoms with Gasteiger partial charge in [0.25, 0.3) is 5.69 Å². The summed E-state index contributed by atoms with van der Waals surface area (Å²) in [5.74, 6) is 1.66. The fraction of sp³-hybridized carbons (Fsp3) is 0.625. The Bertz CT molecular complexity index is 502. The fourth-order valence-corrected chi connectivity index (χ4v) is 3.25. The summed E-state index contributed by atoms with van der Waals surface area (Å²) in [6.07, 6.45) is 4.71. The molecule has 1 aromatic carbocycles. The zero-order valence-corrected chi connectivity index (χ0v) is 13.0. The lowest BCUT2D eigenvalue weighted by atomic mass is 9.77. The van der Waals surface area contributed by atoms with Crippen molar-refractivity contribution in [3.05, 3.63) is 28.3 Å². The zero-order valence-electron chi connectivity index (χ0n) is 13.0. The van der Waals surface area contributed by atoms with Crippen LogP contribution in [0.25, 0.3) is 0 Å². The first-order chi connectivity index (χ1) is 10.0. The van der Waals surface area contributed by atoms with E-state index in [0.29, 0.717) is 29.3 Å². The number of nitrogens with zero attached hydrogens (tertiary/aromatic N) is 1. The minimum atomic E-state index is -0.349. The number of methoxy groups -OCH3 is 1. The summed E-state index contributed by atoms with van der Waals surface area (Å²) in [5, 5.41) is 14.7. The molecule has 0 radical (unpaired) electrons. The van der Waals surface area contributed by atoms with Crippen LogP contribution in [0.1, 0.15) is 39.5 Å². The number of nitro groups is 1. The second kappa shape index (κ2) is 6.78. The minimum Gasteiger partial charge on any atom is -0.496 e.